The van der Waals surface area contributed by atoms with E-state index < -0.39 is 11.5 Å². The van der Waals surface area contributed by atoms with E-state index in [1.807, 2.05) is 6.92 Å². The van der Waals surface area contributed by atoms with E-state index >= 15 is 0 Å². The Morgan fingerprint density at radius 2 is 2.13 bits per heavy atom. The smallest absolute Gasteiger partial charge is 0.323 e. The minimum atomic E-state index is -0.654. The highest BCUT2D eigenvalue weighted by molar-refractivity contribution is 5.78. The van der Waals surface area contributed by atoms with Gasteiger partial charge in [-0.25, -0.2) is 0 Å². The molecule has 0 aliphatic carbocycles. The topological polar surface area (TPSA) is 40.5 Å². The second-order valence-corrected chi connectivity index (χ2v) is 4.73. The van der Waals surface area contributed by atoms with Crippen molar-refractivity contribution in [3.05, 3.63) is 0 Å². The van der Waals surface area contributed by atoms with Crippen LogP contribution in [0.25, 0.3) is 0 Å². The number of piperidine rings is 1. The van der Waals surface area contributed by atoms with Gasteiger partial charge in [0.05, 0.1) is 0 Å². The fourth-order valence-corrected chi connectivity index (χ4v) is 2.33. The maximum atomic E-state index is 11.3. The zero-order valence-electron chi connectivity index (χ0n) is 9.96. The van der Waals surface area contributed by atoms with E-state index in [4.69, 9.17) is 0 Å². The van der Waals surface area contributed by atoms with Crippen LogP contribution in [0.2, 0.25) is 0 Å². The third kappa shape index (κ3) is 2.94. The van der Waals surface area contributed by atoms with Crippen LogP contribution in [0.5, 0.6) is 0 Å². The van der Waals surface area contributed by atoms with Gasteiger partial charge in [-0.1, -0.05) is 19.8 Å². The molecule has 0 bridgehead atoms. The number of hydrogen-bond acceptors (Lipinski definition) is 2. The molecule has 1 atom stereocenters. The lowest BCUT2D eigenvalue weighted by atomic mass is 9.88. The molecule has 0 saturated carbocycles. The van der Waals surface area contributed by atoms with Gasteiger partial charge in [0.15, 0.2) is 0 Å². The molecule has 0 aromatic rings. The van der Waals surface area contributed by atoms with Crippen molar-refractivity contribution >= 4 is 5.97 Å². The Hall–Kier alpha value is -0.570. The number of unbranched alkanes of at least 4 members (excludes halogenated alkanes) is 2. The van der Waals surface area contributed by atoms with Crippen molar-refractivity contribution in [3.63, 3.8) is 0 Å². The summed E-state index contributed by atoms with van der Waals surface area (Å²) in [5.74, 6) is -0.654. The Morgan fingerprint density at radius 1 is 1.40 bits per heavy atom. The van der Waals surface area contributed by atoms with Crippen LogP contribution >= 0.6 is 0 Å². The van der Waals surface area contributed by atoms with Crippen LogP contribution in [-0.2, 0) is 4.79 Å². The molecule has 0 spiro atoms. The van der Waals surface area contributed by atoms with Crippen LogP contribution in [0.1, 0.15) is 52.4 Å². The predicted molar refractivity (Wildman–Crippen MR) is 61.0 cm³/mol. The number of rotatable bonds is 5. The Kier molecular flexibility index (Phi) is 4.58. The van der Waals surface area contributed by atoms with E-state index in [0.29, 0.717) is 0 Å². The minimum Gasteiger partial charge on any atom is -0.480 e. The molecule has 0 aromatic heterocycles. The monoisotopic (exact) mass is 213 g/mol. The lowest BCUT2D eigenvalue weighted by Gasteiger charge is -2.41. The third-order valence-electron chi connectivity index (χ3n) is 3.53. The molecule has 0 amide bonds. The molecule has 88 valence electrons. The van der Waals surface area contributed by atoms with Crippen LogP contribution in [0.15, 0.2) is 0 Å². The first kappa shape index (κ1) is 12.5. The summed E-state index contributed by atoms with van der Waals surface area (Å²) in [6, 6.07) is 0. The van der Waals surface area contributed by atoms with Crippen LogP contribution in [0, 0.1) is 0 Å². The number of carboxylic acid groups (broad SMARTS) is 1. The predicted octanol–water partition coefficient (Wildman–Crippen LogP) is 2.51. The zero-order chi connectivity index (χ0) is 11.3. The number of hydrogen-bond donors (Lipinski definition) is 1. The molecule has 1 aliphatic heterocycles. The van der Waals surface area contributed by atoms with Crippen molar-refractivity contribution in [2.24, 2.45) is 0 Å². The largest absolute Gasteiger partial charge is 0.480 e. The highest BCUT2D eigenvalue weighted by atomic mass is 16.4. The van der Waals surface area contributed by atoms with Crippen LogP contribution < -0.4 is 0 Å². The normalized spacial score (nSPS) is 27.9. The number of aliphatic carboxylic acids is 1. The van der Waals surface area contributed by atoms with Gasteiger partial charge in [0.1, 0.15) is 5.54 Å². The van der Waals surface area contributed by atoms with Gasteiger partial charge in [0, 0.05) is 0 Å². The van der Waals surface area contributed by atoms with Gasteiger partial charge in [-0.2, -0.15) is 0 Å². The number of carboxylic acids is 1. The summed E-state index contributed by atoms with van der Waals surface area (Å²) in [5.41, 5.74) is -0.605. The highest BCUT2D eigenvalue weighted by Gasteiger charge is 2.40. The average Bonchev–Trinajstić information content (AvgIpc) is 2.21. The van der Waals surface area contributed by atoms with Gasteiger partial charge in [0.2, 0.25) is 0 Å². The van der Waals surface area contributed by atoms with Crippen molar-refractivity contribution in [3.8, 4) is 0 Å². The van der Waals surface area contributed by atoms with Gasteiger partial charge in [0.25, 0.3) is 0 Å². The van der Waals surface area contributed by atoms with Crippen molar-refractivity contribution in [1.29, 1.82) is 0 Å². The molecule has 1 fully saturated rings. The quantitative estimate of drug-likeness (QED) is 0.713. The van der Waals surface area contributed by atoms with Crippen LogP contribution in [0.3, 0.4) is 0 Å². The van der Waals surface area contributed by atoms with E-state index in [2.05, 4.69) is 11.8 Å². The Bertz CT molecular complexity index is 218. The Balaban J connectivity index is 2.53. The van der Waals surface area contributed by atoms with Gasteiger partial charge in [-0.3, -0.25) is 9.69 Å². The lowest BCUT2D eigenvalue weighted by molar-refractivity contribution is -0.152. The van der Waals surface area contributed by atoms with E-state index in [-0.39, 0.29) is 0 Å². The van der Waals surface area contributed by atoms with Gasteiger partial charge in [-0.15, -0.1) is 0 Å². The fourth-order valence-electron chi connectivity index (χ4n) is 2.33. The van der Waals surface area contributed by atoms with Crippen molar-refractivity contribution in [2.45, 2.75) is 57.9 Å². The summed E-state index contributed by atoms with van der Waals surface area (Å²) < 4.78 is 0. The second-order valence-electron chi connectivity index (χ2n) is 4.73. The summed E-state index contributed by atoms with van der Waals surface area (Å²) in [5, 5.41) is 9.28. The zero-order valence-corrected chi connectivity index (χ0v) is 9.96. The first-order valence-corrected chi connectivity index (χ1v) is 6.09. The van der Waals surface area contributed by atoms with Crippen molar-refractivity contribution in [2.75, 3.05) is 13.1 Å². The maximum absolute atomic E-state index is 11.3. The van der Waals surface area contributed by atoms with Crippen molar-refractivity contribution in [1.82, 2.24) is 4.90 Å². The lowest BCUT2D eigenvalue weighted by Crippen LogP contribution is -2.55. The average molecular weight is 213 g/mol. The van der Waals surface area contributed by atoms with E-state index in [1.54, 1.807) is 0 Å². The summed E-state index contributed by atoms with van der Waals surface area (Å²) in [6.07, 6.45) is 6.51. The molecule has 1 N–H and O–H groups in total. The van der Waals surface area contributed by atoms with E-state index in [1.165, 1.54) is 12.8 Å². The Labute approximate surface area is 92.5 Å². The van der Waals surface area contributed by atoms with Crippen molar-refractivity contribution < 1.29 is 9.90 Å². The number of carbonyl (C=O) groups is 1. The molecule has 0 aromatic carbocycles. The molecule has 3 heteroatoms. The van der Waals surface area contributed by atoms with E-state index in [0.717, 1.165) is 38.8 Å². The molecule has 15 heavy (non-hydrogen) atoms. The molecular formula is C12H23NO2. The van der Waals surface area contributed by atoms with Crippen LogP contribution in [-0.4, -0.2) is 34.6 Å². The SMILES string of the molecule is CCCCCN1CCCCC1(C)C(=O)O. The molecule has 1 heterocycles. The molecule has 1 unspecified atom stereocenters. The van der Waals surface area contributed by atoms with Gasteiger partial charge >= 0.3 is 5.97 Å². The number of likely N-dealkylation sites (tertiary alicyclic amines) is 1. The summed E-state index contributed by atoms with van der Waals surface area (Å²) in [7, 11) is 0. The van der Waals surface area contributed by atoms with Crippen LogP contribution in [0.4, 0.5) is 0 Å². The second kappa shape index (κ2) is 5.50. The third-order valence-corrected chi connectivity index (χ3v) is 3.53. The fraction of sp³-hybridized carbons (Fsp3) is 0.917. The molecule has 1 aliphatic rings. The Morgan fingerprint density at radius 3 is 2.73 bits per heavy atom. The maximum Gasteiger partial charge on any atom is 0.323 e. The molecule has 1 rings (SSSR count). The molecular weight excluding hydrogens is 190 g/mol. The first-order chi connectivity index (χ1) is 7.11. The van der Waals surface area contributed by atoms with Gasteiger partial charge < -0.3 is 5.11 Å². The standard InChI is InChI=1S/C12H23NO2/c1-3-4-6-9-13-10-7-5-8-12(13,2)11(14)15/h3-10H2,1-2H3,(H,14,15). The summed E-state index contributed by atoms with van der Waals surface area (Å²) >= 11 is 0. The minimum absolute atomic E-state index is 0.605. The van der Waals surface area contributed by atoms with Gasteiger partial charge in [-0.05, 0) is 45.7 Å². The van der Waals surface area contributed by atoms with E-state index in [9.17, 15) is 9.90 Å². The molecule has 1 saturated heterocycles. The first-order valence-electron chi connectivity index (χ1n) is 6.09. The number of nitrogens with zero attached hydrogens (tertiary/aromatic N) is 1. The highest BCUT2D eigenvalue weighted by Crippen LogP contribution is 2.28. The summed E-state index contributed by atoms with van der Waals surface area (Å²) in [6.45, 7) is 5.94. The molecule has 3 nitrogen and oxygen atoms in total. The summed E-state index contributed by atoms with van der Waals surface area (Å²) in [4.78, 5) is 13.4. The molecule has 0 radical (unpaired) electrons.